The van der Waals surface area contributed by atoms with E-state index in [1.165, 1.54) is 60.8 Å². The maximum absolute atomic E-state index is 6.00. The van der Waals surface area contributed by atoms with E-state index in [0.717, 1.165) is 13.0 Å². The summed E-state index contributed by atoms with van der Waals surface area (Å²) in [6.07, 6.45) is 9.38. The number of rotatable bonds is 7. The average molecular weight is 272 g/mol. The van der Waals surface area contributed by atoms with E-state index < -0.39 is 0 Å². The average Bonchev–Trinajstić information content (AvgIpc) is 2.44. The van der Waals surface area contributed by atoms with Gasteiger partial charge in [0.2, 0.25) is 0 Å². The van der Waals surface area contributed by atoms with Gasteiger partial charge >= 0.3 is 0 Å². The van der Waals surface area contributed by atoms with E-state index in [-0.39, 0.29) is 6.10 Å². The van der Waals surface area contributed by atoms with Gasteiger partial charge in [0.05, 0.1) is 12.7 Å². The van der Waals surface area contributed by atoms with Gasteiger partial charge < -0.3 is 4.74 Å². The largest absolute Gasteiger partial charge is 0.369 e. The van der Waals surface area contributed by atoms with Crippen LogP contribution in [0.5, 0.6) is 0 Å². The normalized spacial score (nSPS) is 18.1. The van der Waals surface area contributed by atoms with Crippen molar-refractivity contribution in [2.75, 3.05) is 0 Å². The molecule has 0 amide bonds. The Morgan fingerprint density at radius 3 is 2.70 bits per heavy atom. The lowest BCUT2D eigenvalue weighted by Gasteiger charge is -2.28. The van der Waals surface area contributed by atoms with Crippen LogP contribution in [0.4, 0.5) is 0 Å². The fraction of sp³-hybridized carbons (Fsp3) is 0.579. The third-order valence-corrected chi connectivity index (χ3v) is 4.26. The molecule has 1 nitrogen and oxygen atoms in total. The molecule has 0 fully saturated rings. The van der Waals surface area contributed by atoms with Crippen LogP contribution in [0.25, 0.3) is 5.57 Å². The molecule has 20 heavy (non-hydrogen) atoms. The summed E-state index contributed by atoms with van der Waals surface area (Å²) in [5.41, 5.74) is 5.10. The van der Waals surface area contributed by atoms with E-state index in [0.29, 0.717) is 0 Å². The van der Waals surface area contributed by atoms with Crippen molar-refractivity contribution in [3.8, 4) is 0 Å². The van der Waals surface area contributed by atoms with Crippen LogP contribution in [0.15, 0.2) is 24.8 Å². The van der Waals surface area contributed by atoms with Gasteiger partial charge in [-0.1, -0.05) is 75.8 Å². The minimum atomic E-state index is 0.233. The summed E-state index contributed by atoms with van der Waals surface area (Å²) in [7, 11) is 0. The zero-order valence-electron chi connectivity index (χ0n) is 13.1. The fourth-order valence-electron chi connectivity index (χ4n) is 2.99. The molecular weight excluding hydrogens is 244 g/mol. The molecule has 1 unspecified atom stereocenters. The number of unbranched alkanes of at least 4 members (excludes halogenated alkanes) is 5. The van der Waals surface area contributed by atoms with Crippen molar-refractivity contribution in [3.63, 3.8) is 0 Å². The minimum Gasteiger partial charge on any atom is -0.369 e. The second-order valence-electron chi connectivity index (χ2n) is 6.04. The highest BCUT2D eigenvalue weighted by molar-refractivity contribution is 5.70. The molecule has 0 bridgehead atoms. The van der Waals surface area contributed by atoms with E-state index in [2.05, 4.69) is 38.6 Å². The predicted octanol–water partition coefficient (Wildman–Crippen LogP) is 5.66. The van der Waals surface area contributed by atoms with Crippen LogP contribution < -0.4 is 0 Å². The van der Waals surface area contributed by atoms with Crippen molar-refractivity contribution in [2.45, 2.75) is 71.5 Å². The van der Waals surface area contributed by atoms with Gasteiger partial charge in [-0.25, -0.2) is 0 Å². The molecule has 110 valence electrons. The maximum atomic E-state index is 6.00. The molecule has 1 aromatic carbocycles. The molecule has 1 aromatic rings. The van der Waals surface area contributed by atoms with Crippen LogP contribution in [-0.4, -0.2) is 6.10 Å². The van der Waals surface area contributed by atoms with Gasteiger partial charge in [-0.2, -0.15) is 0 Å². The number of hydrogen-bond acceptors (Lipinski definition) is 1. The van der Waals surface area contributed by atoms with Crippen LogP contribution in [0.3, 0.4) is 0 Å². The summed E-state index contributed by atoms with van der Waals surface area (Å²) in [5, 5.41) is 0. The van der Waals surface area contributed by atoms with E-state index >= 15 is 0 Å². The van der Waals surface area contributed by atoms with Gasteiger partial charge in [0, 0.05) is 0 Å². The molecule has 0 saturated carbocycles. The quantitative estimate of drug-likeness (QED) is 0.582. The summed E-state index contributed by atoms with van der Waals surface area (Å²) in [5.74, 6) is 0. The summed E-state index contributed by atoms with van der Waals surface area (Å²) < 4.78 is 6.00. The molecule has 1 heteroatoms. The molecule has 0 saturated heterocycles. The zero-order valence-corrected chi connectivity index (χ0v) is 13.1. The van der Waals surface area contributed by atoms with E-state index in [1.54, 1.807) is 0 Å². The lowest BCUT2D eigenvalue weighted by molar-refractivity contribution is 0.0643. The summed E-state index contributed by atoms with van der Waals surface area (Å²) >= 11 is 0. The van der Waals surface area contributed by atoms with Gasteiger partial charge in [-0.15, -0.1) is 0 Å². The molecule has 1 heterocycles. The maximum Gasteiger partial charge on any atom is 0.0829 e. The van der Waals surface area contributed by atoms with Gasteiger partial charge in [-0.05, 0) is 30.0 Å². The number of aryl methyl sites for hydroxylation is 1. The van der Waals surface area contributed by atoms with Crippen molar-refractivity contribution in [1.29, 1.82) is 0 Å². The van der Waals surface area contributed by atoms with Crippen molar-refractivity contribution in [2.24, 2.45) is 0 Å². The molecule has 0 N–H and O–H groups in total. The third kappa shape index (κ3) is 3.96. The summed E-state index contributed by atoms with van der Waals surface area (Å²) in [6.45, 7) is 9.41. The van der Waals surface area contributed by atoms with Crippen molar-refractivity contribution >= 4 is 5.57 Å². The Morgan fingerprint density at radius 1 is 1.15 bits per heavy atom. The molecule has 1 aliphatic heterocycles. The van der Waals surface area contributed by atoms with Crippen LogP contribution in [0, 0.1) is 6.92 Å². The monoisotopic (exact) mass is 272 g/mol. The number of hydrogen-bond donors (Lipinski definition) is 0. The minimum absolute atomic E-state index is 0.233. The Hall–Kier alpha value is -1.08. The first-order valence-corrected chi connectivity index (χ1v) is 8.12. The van der Waals surface area contributed by atoms with Crippen molar-refractivity contribution in [3.05, 3.63) is 41.5 Å². The second kappa shape index (κ2) is 7.64. The lowest BCUT2D eigenvalue weighted by atomic mass is 9.91. The number of ether oxygens (including phenoxy) is 1. The Morgan fingerprint density at radius 2 is 1.90 bits per heavy atom. The molecular formula is C19H28O. The predicted molar refractivity (Wildman–Crippen MR) is 86.8 cm³/mol. The van der Waals surface area contributed by atoms with Crippen LogP contribution in [0.1, 0.15) is 68.6 Å². The Bertz CT molecular complexity index is 447. The summed E-state index contributed by atoms with van der Waals surface area (Å²) in [4.78, 5) is 0. The second-order valence-corrected chi connectivity index (χ2v) is 6.04. The Kier molecular flexibility index (Phi) is 5.85. The highest BCUT2D eigenvalue weighted by Crippen LogP contribution is 2.32. The van der Waals surface area contributed by atoms with Crippen molar-refractivity contribution in [1.82, 2.24) is 0 Å². The first kappa shape index (κ1) is 15.3. The zero-order chi connectivity index (χ0) is 14.4. The van der Waals surface area contributed by atoms with Gasteiger partial charge in [0.15, 0.2) is 0 Å². The smallest absolute Gasteiger partial charge is 0.0829 e. The SMILES string of the molecule is C=C1c2ccc(C)cc2COC1CCCCCCCC. The molecule has 2 rings (SSSR count). The first-order chi connectivity index (χ1) is 9.72. The first-order valence-electron chi connectivity index (χ1n) is 8.12. The fourth-order valence-corrected chi connectivity index (χ4v) is 2.99. The Balaban J connectivity index is 1.80. The third-order valence-electron chi connectivity index (χ3n) is 4.26. The molecule has 0 aliphatic carbocycles. The van der Waals surface area contributed by atoms with E-state index in [1.807, 2.05) is 0 Å². The molecule has 1 atom stereocenters. The highest BCUT2D eigenvalue weighted by Gasteiger charge is 2.22. The number of fused-ring (bicyclic) bond motifs is 1. The lowest BCUT2D eigenvalue weighted by Crippen LogP contribution is -2.20. The summed E-state index contributed by atoms with van der Waals surface area (Å²) in [6, 6.07) is 6.61. The van der Waals surface area contributed by atoms with Gasteiger partial charge in [0.1, 0.15) is 0 Å². The molecule has 0 aromatic heterocycles. The van der Waals surface area contributed by atoms with E-state index in [9.17, 15) is 0 Å². The van der Waals surface area contributed by atoms with E-state index in [4.69, 9.17) is 4.74 Å². The molecule has 0 spiro atoms. The van der Waals surface area contributed by atoms with Crippen molar-refractivity contribution < 1.29 is 4.74 Å². The van der Waals surface area contributed by atoms with Gasteiger partial charge in [0.25, 0.3) is 0 Å². The van der Waals surface area contributed by atoms with Gasteiger partial charge in [-0.3, -0.25) is 0 Å². The standard InChI is InChI=1S/C19H28O/c1-4-5-6-7-8-9-10-19-16(3)18-12-11-15(2)13-17(18)14-20-19/h11-13,19H,3-10,14H2,1-2H3. The molecule has 0 radical (unpaired) electrons. The highest BCUT2D eigenvalue weighted by atomic mass is 16.5. The van der Waals surface area contributed by atoms with Crippen LogP contribution in [0.2, 0.25) is 0 Å². The van der Waals surface area contributed by atoms with Crippen LogP contribution >= 0.6 is 0 Å². The molecule has 1 aliphatic rings. The Labute approximate surface area is 124 Å². The number of benzene rings is 1. The topological polar surface area (TPSA) is 9.23 Å². The van der Waals surface area contributed by atoms with Crippen LogP contribution in [-0.2, 0) is 11.3 Å².